The van der Waals surface area contributed by atoms with Crippen molar-refractivity contribution in [2.45, 2.75) is 38.6 Å². The van der Waals surface area contributed by atoms with Gasteiger partial charge < -0.3 is 5.32 Å². The molecule has 3 atom stereocenters. The summed E-state index contributed by atoms with van der Waals surface area (Å²) in [6, 6.07) is 0.667. The van der Waals surface area contributed by atoms with Crippen molar-refractivity contribution in [3.8, 4) is 0 Å². The van der Waals surface area contributed by atoms with Crippen LogP contribution in [0.4, 0.5) is 0 Å². The lowest BCUT2D eigenvalue weighted by Crippen LogP contribution is -2.32. The number of nitrogens with one attached hydrogen (secondary N) is 1. The Labute approximate surface area is 91.3 Å². The second-order valence-corrected chi connectivity index (χ2v) is 4.38. The van der Waals surface area contributed by atoms with Crippen LogP contribution < -0.4 is 5.32 Å². The van der Waals surface area contributed by atoms with Crippen molar-refractivity contribution in [1.82, 2.24) is 15.3 Å². The van der Waals surface area contributed by atoms with E-state index >= 15 is 0 Å². The molecule has 0 aliphatic heterocycles. The molecule has 82 valence electrons. The number of nitrogens with zero attached hydrogens (tertiary/aromatic N) is 2. The van der Waals surface area contributed by atoms with Crippen LogP contribution in [0.2, 0.25) is 0 Å². The summed E-state index contributed by atoms with van der Waals surface area (Å²) < 4.78 is 0. The molecular formula is C12H19N3. The van der Waals surface area contributed by atoms with Gasteiger partial charge in [0.1, 0.15) is 6.33 Å². The normalized spacial score (nSPS) is 30.7. The molecule has 0 aromatic carbocycles. The van der Waals surface area contributed by atoms with Crippen molar-refractivity contribution in [2.24, 2.45) is 5.92 Å². The van der Waals surface area contributed by atoms with Gasteiger partial charge in [0.2, 0.25) is 0 Å². The molecule has 1 fully saturated rings. The van der Waals surface area contributed by atoms with Crippen molar-refractivity contribution in [1.29, 1.82) is 0 Å². The van der Waals surface area contributed by atoms with Gasteiger partial charge in [0, 0.05) is 18.4 Å². The first-order chi connectivity index (χ1) is 7.33. The molecule has 2 rings (SSSR count). The van der Waals surface area contributed by atoms with Gasteiger partial charge in [0.05, 0.1) is 0 Å². The van der Waals surface area contributed by atoms with E-state index in [1.54, 1.807) is 6.33 Å². The van der Waals surface area contributed by atoms with Crippen LogP contribution in [-0.2, 0) is 0 Å². The SMILES string of the molecule is CCNC1CCC(c2cncnc2)C1C. The van der Waals surface area contributed by atoms with E-state index in [2.05, 4.69) is 29.1 Å². The number of hydrogen-bond acceptors (Lipinski definition) is 3. The van der Waals surface area contributed by atoms with Crippen LogP contribution in [0.25, 0.3) is 0 Å². The predicted octanol–water partition coefficient (Wildman–Crippen LogP) is 1.97. The first-order valence-electron chi connectivity index (χ1n) is 5.81. The molecule has 1 heterocycles. The molecule has 15 heavy (non-hydrogen) atoms. The Morgan fingerprint density at radius 3 is 2.73 bits per heavy atom. The maximum atomic E-state index is 4.10. The zero-order chi connectivity index (χ0) is 10.7. The number of rotatable bonds is 3. The Hall–Kier alpha value is -0.960. The van der Waals surface area contributed by atoms with E-state index in [0.29, 0.717) is 17.9 Å². The van der Waals surface area contributed by atoms with Crippen LogP contribution in [0, 0.1) is 5.92 Å². The molecule has 3 nitrogen and oxygen atoms in total. The summed E-state index contributed by atoms with van der Waals surface area (Å²) in [6.45, 7) is 5.57. The number of aromatic nitrogens is 2. The first-order valence-corrected chi connectivity index (χ1v) is 5.81. The lowest BCUT2D eigenvalue weighted by Gasteiger charge is -2.21. The summed E-state index contributed by atoms with van der Waals surface area (Å²) in [7, 11) is 0. The Kier molecular flexibility index (Phi) is 3.31. The molecule has 1 aliphatic rings. The van der Waals surface area contributed by atoms with Crippen LogP contribution in [0.5, 0.6) is 0 Å². The van der Waals surface area contributed by atoms with E-state index in [4.69, 9.17) is 0 Å². The molecule has 1 aromatic heterocycles. The van der Waals surface area contributed by atoms with E-state index in [9.17, 15) is 0 Å². The van der Waals surface area contributed by atoms with Gasteiger partial charge in [-0.05, 0) is 36.8 Å². The van der Waals surface area contributed by atoms with Gasteiger partial charge in [-0.25, -0.2) is 9.97 Å². The Morgan fingerprint density at radius 2 is 2.07 bits per heavy atom. The van der Waals surface area contributed by atoms with Gasteiger partial charge in [0.25, 0.3) is 0 Å². The fourth-order valence-corrected chi connectivity index (χ4v) is 2.69. The van der Waals surface area contributed by atoms with Gasteiger partial charge in [-0.2, -0.15) is 0 Å². The molecule has 1 saturated carbocycles. The van der Waals surface area contributed by atoms with E-state index in [1.807, 2.05) is 12.4 Å². The van der Waals surface area contributed by atoms with Gasteiger partial charge in [-0.3, -0.25) is 0 Å². The molecule has 1 aromatic rings. The minimum atomic E-state index is 0.634. The molecule has 1 aliphatic carbocycles. The van der Waals surface area contributed by atoms with Crippen LogP contribution in [0.15, 0.2) is 18.7 Å². The average Bonchev–Trinajstić information content (AvgIpc) is 2.63. The fourth-order valence-electron chi connectivity index (χ4n) is 2.69. The van der Waals surface area contributed by atoms with Crippen molar-refractivity contribution < 1.29 is 0 Å². The number of hydrogen-bond donors (Lipinski definition) is 1. The summed E-state index contributed by atoms with van der Waals surface area (Å²) in [6.07, 6.45) is 8.05. The highest BCUT2D eigenvalue weighted by molar-refractivity contribution is 5.15. The molecule has 0 amide bonds. The van der Waals surface area contributed by atoms with Crippen LogP contribution in [-0.4, -0.2) is 22.6 Å². The second-order valence-electron chi connectivity index (χ2n) is 4.38. The molecule has 1 N–H and O–H groups in total. The molecule has 3 heteroatoms. The minimum Gasteiger partial charge on any atom is -0.314 e. The molecule has 0 radical (unpaired) electrons. The Balaban J connectivity index is 2.07. The quantitative estimate of drug-likeness (QED) is 0.819. The third kappa shape index (κ3) is 2.17. The molecule has 0 bridgehead atoms. The van der Waals surface area contributed by atoms with E-state index in [1.165, 1.54) is 18.4 Å². The monoisotopic (exact) mass is 205 g/mol. The maximum Gasteiger partial charge on any atom is 0.115 e. The largest absolute Gasteiger partial charge is 0.314 e. The predicted molar refractivity (Wildman–Crippen MR) is 60.6 cm³/mol. The standard InChI is InChI=1S/C12H19N3/c1-3-15-12-5-4-11(9(12)2)10-6-13-8-14-7-10/h6-9,11-12,15H,3-5H2,1-2H3. The summed E-state index contributed by atoms with van der Waals surface area (Å²) in [5, 5.41) is 3.55. The van der Waals surface area contributed by atoms with Gasteiger partial charge in [-0.1, -0.05) is 13.8 Å². The Bertz CT molecular complexity index is 299. The third-order valence-corrected chi connectivity index (χ3v) is 3.53. The lowest BCUT2D eigenvalue weighted by atomic mass is 9.90. The van der Waals surface area contributed by atoms with Crippen molar-refractivity contribution in [3.63, 3.8) is 0 Å². The van der Waals surface area contributed by atoms with Crippen LogP contribution in [0.1, 0.15) is 38.2 Å². The van der Waals surface area contributed by atoms with Gasteiger partial charge in [0.15, 0.2) is 0 Å². The summed E-state index contributed by atoms with van der Waals surface area (Å²) in [5.74, 6) is 1.33. The zero-order valence-corrected chi connectivity index (χ0v) is 9.48. The fraction of sp³-hybridized carbons (Fsp3) is 0.667. The van der Waals surface area contributed by atoms with E-state index in [0.717, 1.165) is 6.54 Å². The lowest BCUT2D eigenvalue weighted by molar-refractivity contribution is 0.411. The van der Waals surface area contributed by atoms with E-state index in [-0.39, 0.29) is 0 Å². The highest BCUT2D eigenvalue weighted by Crippen LogP contribution is 2.38. The van der Waals surface area contributed by atoms with Crippen molar-refractivity contribution in [2.75, 3.05) is 6.54 Å². The van der Waals surface area contributed by atoms with Crippen molar-refractivity contribution >= 4 is 0 Å². The maximum absolute atomic E-state index is 4.10. The van der Waals surface area contributed by atoms with Crippen LogP contribution >= 0.6 is 0 Å². The molecule has 0 saturated heterocycles. The average molecular weight is 205 g/mol. The second kappa shape index (κ2) is 4.71. The Morgan fingerprint density at radius 1 is 1.33 bits per heavy atom. The van der Waals surface area contributed by atoms with Crippen LogP contribution in [0.3, 0.4) is 0 Å². The highest BCUT2D eigenvalue weighted by atomic mass is 14.9. The first kappa shape index (κ1) is 10.6. The topological polar surface area (TPSA) is 37.8 Å². The molecule has 0 spiro atoms. The molecule has 3 unspecified atom stereocenters. The minimum absolute atomic E-state index is 0.634. The smallest absolute Gasteiger partial charge is 0.115 e. The van der Waals surface area contributed by atoms with Crippen molar-refractivity contribution in [3.05, 3.63) is 24.3 Å². The van der Waals surface area contributed by atoms with Gasteiger partial charge >= 0.3 is 0 Å². The summed E-state index contributed by atoms with van der Waals surface area (Å²) >= 11 is 0. The summed E-state index contributed by atoms with van der Waals surface area (Å²) in [5.41, 5.74) is 1.30. The molecular weight excluding hydrogens is 186 g/mol. The van der Waals surface area contributed by atoms with E-state index < -0.39 is 0 Å². The zero-order valence-electron chi connectivity index (χ0n) is 9.48. The third-order valence-electron chi connectivity index (χ3n) is 3.53. The van der Waals surface area contributed by atoms with Gasteiger partial charge in [-0.15, -0.1) is 0 Å². The highest BCUT2D eigenvalue weighted by Gasteiger charge is 2.33. The summed E-state index contributed by atoms with van der Waals surface area (Å²) in [4.78, 5) is 8.21.